The molecule has 10 aromatic rings. The minimum atomic E-state index is -4.57. The van der Waals surface area contributed by atoms with Gasteiger partial charge in [0.25, 0.3) is 0 Å². The summed E-state index contributed by atoms with van der Waals surface area (Å²) in [5, 5.41) is 4.25. The average Bonchev–Trinajstić information content (AvgIpc) is 3.73. The van der Waals surface area contributed by atoms with Crippen LogP contribution in [-0.4, -0.2) is 9.13 Å². The number of benzene rings is 8. The molecule has 0 unspecified atom stereocenters. The van der Waals surface area contributed by atoms with Gasteiger partial charge in [0.1, 0.15) is 0 Å². The predicted molar refractivity (Wildman–Crippen MR) is 231 cm³/mol. The Kier molecular flexibility index (Phi) is 7.98. The summed E-state index contributed by atoms with van der Waals surface area (Å²) in [4.78, 5) is 0. The lowest BCUT2D eigenvalue weighted by molar-refractivity contribution is -0.137. The van der Waals surface area contributed by atoms with Gasteiger partial charge in [0, 0.05) is 32.9 Å². The zero-order valence-corrected chi connectivity index (χ0v) is 31.7. The van der Waals surface area contributed by atoms with Gasteiger partial charge in [-0.3, -0.25) is 0 Å². The maximum Gasteiger partial charge on any atom is 0.417 e. The van der Waals surface area contributed by atoms with Crippen LogP contribution in [0, 0.1) is 20.8 Å². The van der Waals surface area contributed by atoms with Gasteiger partial charge < -0.3 is 9.13 Å². The second-order valence-corrected chi connectivity index (χ2v) is 15.1. The smallest absolute Gasteiger partial charge is 0.309 e. The Morgan fingerprint density at radius 2 is 0.825 bits per heavy atom. The predicted octanol–water partition coefficient (Wildman–Crippen LogP) is 14.8. The first-order valence-electron chi connectivity index (χ1n) is 19.2. The summed E-state index contributed by atoms with van der Waals surface area (Å²) in [6, 6.07) is 56.5. The fourth-order valence-electron chi connectivity index (χ4n) is 8.69. The Balaban J connectivity index is 1.17. The Bertz CT molecular complexity index is 3210. The lowest BCUT2D eigenvalue weighted by atomic mass is 9.94. The third-order valence-electron chi connectivity index (χ3n) is 11.4. The maximum absolute atomic E-state index is 15.1. The molecule has 2 aromatic heterocycles. The topological polar surface area (TPSA) is 9.86 Å². The Hall–Kier alpha value is -6.85. The fraction of sp³-hybridized carbons (Fsp3) is 0.0769. The number of rotatable bonds is 5. The molecule has 0 fully saturated rings. The first-order valence-corrected chi connectivity index (χ1v) is 19.2. The van der Waals surface area contributed by atoms with Crippen molar-refractivity contribution in [1.82, 2.24) is 9.13 Å². The molecule has 0 amide bonds. The van der Waals surface area contributed by atoms with Crippen LogP contribution in [0.4, 0.5) is 13.2 Å². The first-order chi connectivity index (χ1) is 27.6. The van der Waals surface area contributed by atoms with E-state index in [9.17, 15) is 0 Å². The van der Waals surface area contributed by atoms with Crippen LogP contribution in [0.5, 0.6) is 0 Å². The van der Waals surface area contributed by atoms with Gasteiger partial charge in [-0.2, -0.15) is 13.2 Å². The van der Waals surface area contributed by atoms with E-state index < -0.39 is 11.7 Å². The van der Waals surface area contributed by atoms with Gasteiger partial charge in [-0.25, -0.2) is 0 Å². The summed E-state index contributed by atoms with van der Waals surface area (Å²) in [6.45, 7) is 6.06. The zero-order valence-electron chi connectivity index (χ0n) is 31.7. The van der Waals surface area contributed by atoms with Crippen LogP contribution in [0.25, 0.3) is 88.4 Å². The highest BCUT2D eigenvalue weighted by Crippen LogP contribution is 2.43. The number of fused-ring (bicyclic) bond motifs is 6. The number of para-hydroxylation sites is 2. The van der Waals surface area contributed by atoms with E-state index in [1.807, 2.05) is 55.5 Å². The van der Waals surface area contributed by atoms with Gasteiger partial charge in [-0.05, 0) is 126 Å². The molecule has 5 heteroatoms. The second-order valence-electron chi connectivity index (χ2n) is 15.1. The SMILES string of the molecule is Cc1cccc(-c2ccc3c(c2)c2ccccc2n3-c2ccc(C)c(-c3cc(-n4c5ccccc5c5cc(-c6cccc(C)c6)ccc54)ccc3C(F)(F)F)c2)c1. The lowest BCUT2D eigenvalue weighted by Crippen LogP contribution is -2.09. The summed E-state index contributed by atoms with van der Waals surface area (Å²) in [6.07, 6.45) is -4.57. The van der Waals surface area contributed by atoms with Gasteiger partial charge in [-0.1, -0.05) is 114 Å². The Labute approximate surface area is 328 Å². The molecule has 2 heterocycles. The molecular formula is C52H37F3N2. The molecule has 0 saturated heterocycles. The first kappa shape index (κ1) is 34.6. The molecule has 10 rings (SSSR count). The number of hydrogen-bond donors (Lipinski definition) is 0. The van der Waals surface area contributed by atoms with Crippen LogP contribution in [0.2, 0.25) is 0 Å². The van der Waals surface area contributed by atoms with E-state index in [-0.39, 0.29) is 5.56 Å². The van der Waals surface area contributed by atoms with E-state index in [0.29, 0.717) is 11.3 Å². The number of aromatic nitrogens is 2. The monoisotopic (exact) mass is 746 g/mol. The molecule has 0 aliphatic rings. The van der Waals surface area contributed by atoms with Crippen LogP contribution >= 0.6 is 0 Å². The number of alkyl halides is 3. The molecular weight excluding hydrogens is 710 g/mol. The summed E-state index contributed by atoms with van der Waals surface area (Å²) < 4.78 is 49.4. The lowest BCUT2D eigenvalue weighted by Gasteiger charge is -2.19. The van der Waals surface area contributed by atoms with Gasteiger partial charge in [0.2, 0.25) is 0 Å². The van der Waals surface area contributed by atoms with Crippen molar-refractivity contribution >= 4 is 43.6 Å². The zero-order chi connectivity index (χ0) is 39.0. The minimum absolute atomic E-state index is 0.143. The molecule has 0 spiro atoms. The molecule has 0 atom stereocenters. The van der Waals surface area contributed by atoms with E-state index in [0.717, 1.165) is 77.1 Å². The van der Waals surface area contributed by atoms with Crippen molar-refractivity contribution in [2.75, 3.05) is 0 Å². The van der Waals surface area contributed by atoms with Crippen LogP contribution in [0.1, 0.15) is 22.3 Å². The van der Waals surface area contributed by atoms with Gasteiger partial charge in [-0.15, -0.1) is 0 Å². The molecule has 0 aliphatic carbocycles. The highest BCUT2D eigenvalue weighted by atomic mass is 19.4. The molecule has 0 N–H and O–H groups in total. The summed E-state index contributed by atoms with van der Waals surface area (Å²) in [5.74, 6) is 0. The number of nitrogens with zero attached hydrogens (tertiary/aromatic N) is 2. The van der Waals surface area contributed by atoms with Crippen LogP contribution < -0.4 is 0 Å². The molecule has 276 valence electrons. The standard InChI is InChI=1S/C52H37F3N2/c1-32-10-8-12-35(26-32)37-19-24-50-45(28-37)41-14-4-6-16-48(41)56(50)39-21-18-34(3)43(30-39)44-31-40(22-23-47(44)52(53,54)55)57-49-17-7-5-15-42(49)46-29-38(20-25-51(46)57)36-13-9-11-33(2)27-36/h4-31H,1-3H3. The molecule has 0 saturated carbocycles. The fourth-order valence-corrected chi connectivity index (χ4v) is 8.69. The Morgan fingerprint density at radius 1 is 0.368 bits per heavy atom. The quantitative estimate of drug-likeness (QED) is 0.166. The van der Waals surface area contributed by atoms with E-state index in [1.165, 1.54) is 17.2 Å². The van der Waals surface area contributed by atoms with E-state index in [2.05, 4.69) is 126 Å². The molecule has 57 heavy (non-hydrogen) atoms. The summed E-state index contributed by atoms with van der Waals surface area (Å²) in [5.41, 5.74) is 12.9. The van der Waals surface area contributed by atoms with Crippen molar-refractivity contribution in [3.05, 3.63) is 192 Å². The normalized spacial score (nSPS) is 12.0. The number of halogens is 3. The number of hydrogen-bond acceptors (Lipinski definition) is 0. The third kappa shape index (κ3) is 5.81. The van der Waals surface area contributed by atoms with Gasteiger partial charge in [0.15, 0.2) is 0 Å². The van der Waals surface area contributed by atoms with Crippen LogP contribution in [-0.2, 0) is 6.18 Å². The van der Waals surface area contributed by atoms with Crippen LogP contribution in [0.15, 0.2) is 170 Å². The van der Waals surface area contributed by atoms with E-state index in [4.69, 9.17) is 0 Å². The van der Waals surface area contributed by atoms with Crippen molar-refractivity contribution in [2.24, 2.45) is 0 Å². The van der Waals surface area contributed by atoms with Crippen molar-refractivity contribution in [3.63, 3.8) is 0 Å². The Morgan fingerprint density at radius 3 is 1.33 bits per heavy atom. The highest BCUT2D eigenvalue weighted by Gasteiger charge is 2.34. The van der Waals surface area contributed by atoms with Gasteiger partial charge >= 0.3 is 6.18 Å². The van der Waals surface area contributed by atoms with Crippen molar-refractivity contribution < 1.29 is 13.2 Å². The van der Waals surface area contributed by atoms with E-state index >= 15 is 13.2 Å². The van der Waals surface area contributed by atoms with E-state index in [1.54, 1.807) is 12.1 Å². The largest absolute Gasteiger partial charge is 0.417 e. The molecule has 2 nitrogen and oxygen atoms in total. The number of aryl methyl sites for hydroxylation is 3. The highest BCUT2D eigenvalue weighted by molar-refractivity contribution is 6.11. The molecule has 0 aliphatic heterocycles. The van der Waals surface area contributed by atoms with Crippen molar-refractivity contribution in [3.8, 4) is 44.8 Å². The minimum Gasteiger partial charge on any atom is -0.309 e. The van der Waals surface area contributed by atoms with Crippen molar-refractivity contribution in [2.45, 2.75) is 26.9 Å². The van der Waals surface area contributed by atoms with Gasteiger partial charge in [0.05, 0.1) is 27.6 Å². The van der Waals surface area contributed by atoms with Crippen LogP contribution in [0.3, 0.4) is 0 Å². The summed E-state index contributed by atoms with van der Waals surface area (Å²) in [7, 11) is 0. The average molecular weight is 747 g/mol. The summed E-state index contributed by atoms with van der Waals surface area (Å²) >= 11 is 0. The maximum atomic E-state index is 15.1. The van der Waals surface area contributed by atoms with Crippen molar-refractivity contribution in [1.29, 1.82) is 0 Å². The molecule has 0 radical (unpaired) electrons. The third-order valence-corrected chi connectivity index (χ3v) is 11.4. The molecule has 8 aromatic carbocycles. The molecule has 0 bridgehead atoms. The second kappa shape index (κ2) is 13.1.